The summed E-state index contributed by atoms with van der Waals surface area (Å²) in [4.78, 5) is 12.2. The molecule has 0 atom stereocenters. The number of rotatable bonds is 5. The van der Waals surface area contributed by atoms with Gasteiger partial charge in [0.25, 0.3) is 0 Å². The van der Waals surface area contributed by atoms with Crippen molar-refractivity contribution in [2.45, 2.75) is 26.2 Å². The Morgan fingerprint density at radius 1 is 0.958 bits per heavy atom. The summed E-state index contributed by atoms with van der Waals surface area (Å²) in [5.74, 6) is 0.155. The fourth-order valence-corrected chi connectivity index (χ4v) is 2.83. The Morgan fingerprint density at radius 2 is 1.50 bits per heavy atom. The molecule has 0 bridgehead atoms. The first-order valence-corrected chi connectivity index (χ1v) is 8.59. The van der Waals surface area contributed by atoms with Gasteiger partial charge in [-0.05, 0) is 61.2 Å². The van der Waals surface area contributed by atoms with Gasteiger partial charge in [0.05, 0.1) is 0 Å². The van der Waals surface area contributed by atoms with E-state index in [1.807, 2.05) is 24.3 Å². The Bertz CT molecular complexity index is 659. The van der Waals surface area contributed by atoms with Gasteiger partial charge in [-0.1, -0.05) is 19.1 Å². The summed E-state index contributed by atoms with van der Waals surface area (Å²) >= 11 is 0. The zero-order valence-electron chi connectivity index (χ0n) is 14.0. The lowest BCUT2D eigenvalue weighted by atomic mass is 9.99. The van der Waals surface area contributed by atoms with Crippen LogP contribution < -0.4 is 10.6 Å². The molecule has 4 heteroatoms. The smallest absolute Gasteiger partial charge is 0.227 e. The average molecular weight is 324 g/mol. The number of aryl methyl sites for hydroxylation is 1. The van der Waals surface area contributed by atoms with Crippen molar-refractivity contribution < 1.29 is 9.53 Å². The molecule has 1 saturated heterocycles. The zero-order valence-corrected chi connectivity index (χ0v) is 14.0. The third-order valence-corrected chi connectivity index (χ3v) is 4.40. The van der Waals surface area contributed by atoms with Gasteiger partial charge in [-0.15, -0.1) is 0 Å². The number of ether oxygens (including phenoxy) is 1. The van der Waals surface area contributed by atoms with Crippen LogP contribution in [-0.4, -0.2) is 19.1 Å². The van der Waals surface area contributed by atoms with Gasteiger partial charge in [-0.3, -0.25) is 4.79 Å². The minimum atomic E-state index is 0.0635. The van der Waals surface area contributed by atoms with Crippen molar-refractivity contribution in [2.75, 3.05) is 23.8 Å². The summed E-state index contributed by atoms with van der Waals surface area (Å²) in [7, 11) is 0. The molecule has 1 aliphatic rings. The number of benzene rings is 2. The van der Waals surface area contributed by atoms with E-state index in [2.05, 4.69) is 41.8 Å². The highest BCUT2D eigenvalue weighted by molar-refractivity contribution is 5.92. The summed E-state index contributed by atoms with van der Waals surface area (Å²) in [6, 6.07) is 16.2. The highest BCUT2D eigenvalue weighted by atomic mass is 16.5. The standard InChI is InChI=1S/C20H24N2O2/c1-2-15-3-5-17(6-4-15)21-18-7-9-19(10-8-18)22-20(23)16-11-13-24-14-12-16/h3-10,16,21H,2,11-14H2,1H3,(H,22,23). The van der Waals surface area contributed by atoms with Gasteiger partial charge in [0.1, 0.15) is 0 Å². The number of hydrogen-bond donors (Lipinski definition) is 2. The molecule has 3 rings (SSSR count). The number of nitrogens with one attached hydrogen (secondary N) is 2. The van der Waals surface area contributed by atoms with Crippen LogP contribution in [0.2, 0.25) is 0 Å². The van der Waals surface area contributed by atoms with E-state index >= 15 is 0 Å². The van der Waals surface area contributed by atoms with Gasteiger partial charge >= 0.3 is 0 Å². The second-order valence-corrected chi connectivity index (χ2v) is 6.13. The number of carbonyl (C=O) groups excluding carboxylic acids is 1. The van der Waals surface area contributed by atoms with Crippen LogP contribution in [0.5, 0.6) is 0 Å². The normalized spacial score (nSPS) is 15.0. The first-order chi connectivity index (χ1) is 11.7. The summed E-state index contributed by atoms with van der Waals surface area (Å²) in [6.07, 6.45) is 2.65. The largest absolute Gasteiger partial charge is 0.381 e. The molecular weight excluding hydrogens is 300 g/mol. The van der Waals surface area contributed by atoms with Crippen LogP contribution in [0.4, 0.5) is 17.1 Å². The van der Waals surface area contributed by atoms with Crippen LogP contribution >= 0.6 is 0 Å². The van der Waals surface area contributed by atoms with Crippen LogP contribution in [0.25, 0.3) is 0 Å². The lowest BCUT2D eigenvalue weighted by Gasteiger charge is -2.21. The third kappa shape index (κ3) is 4.36. The first kappa shape index (κ1) is 16.5. The van der Waals surface area contributed by atoms with Gasteiger partial charge in [-0.2, -0.15) is 0 Å². The van der Waals surface area contributed by atoms with Gasteiger partial charge in [0.2, 0.25) is 5.91 Å². The second-order valence-electron chi connectivity index (χ2n) is 6.13. The molecule has 1 aliphatic heterocycles. The Labute approximate surface area is 143 Å². The van der Waals surface area contributed by atoms with Crippen molar-refractivity contribution in [2.24, 2.45) is 5.92 Å². The first-order valence-electron chi connectivity index (χ1n) is 8.59. The molecule has 126 valence electrons. The molecule has 2 aromatic carbocycles. The minimum Gasteiger partial charge on any atom is -0.381 e. The average Bonchev–Trinajstić information content (AvgIpc) is 2.65. The maximum atomic E-state index is 12.2. The van der Waals surface area contributed by atoms with Crippen LogP contribution in [0.15, 0.2) is 48.5 Å². The van der Waals surface area contributed by atoms with Crippen LogP contribution in [0.1, 0.15) is 25.3 Å². The summed E-state index contributed by atoms with van der Waals surface area (Å²) in [6.45, 7) is 3.51. The molecule has 0 radical (unpaired) electrons. The van der Waals surface area contributed by atoms with Crippen LogP contribution in [-0.2, 0) is 16.0 Å². The van der Waals surface area contributed by atoms with Crippen molar-refractivity contribution in [1.82, 2.24) is 0 Å². The molecule has 1 fully saturated rings. The molecule has 2 aromatic rings. The number of carbonyl (C=O) groups is 1. The Balaban J connectivity index is 1.57. The monoisotopic (exact) mass is 324 g/mol. The van der Waals surface area contributed by atoms with E-state index in [0.29, 0.717) is 13.2 Å². The number of anilines is 3. The highest BCUT2D eigenvalue weighted by Crippen LogP contribution is 2.21. The molecular formula is C20H24N2O2. The van der Waals surface area contributed by atoms with Crippen LogP contribution in [0.3, 0.4) is 0 Å². The molecule has 0 unspecified atom stereocenters. The van der Waals surface area contributed by atoms with E-state index in [0.717, 1.165) is 36.3 Å². The lowest BCUT2D eigenvalue weighted by Crippen LogP contribution is -2.28. The quantitative estimate of drug-likeness (QED) is 0.859. The fourth-order valence-electron chi connectivity index (χ4n) is 2.83. The molecule has 1 amide bonds. The minimum absolute atomic E-state index is 0.0635. The highest BCUT2D eigenvalue weighted by Gasteiger charge is 2.21. The maximum Gasteiger partial charge on any atom is 0.227 e. The molecule has 1 heterocycles. The van der Waals surface area contributed by atoms with Crippen molar-refractivity contribution in [3.8, 4) is 0 Å². The molecule has 4 nitrogen and oxygen atoms in total. The molecule has 0 saturated carbocycles. The lowest BCUT2D eigenvalue weighted by molar-refractivity contribution is -0.122. The fraction of sp³-hybridized carbons (Fsp3) is 0.350. The summed E-state index contributed by atoms with van der Waals surface area (Å²) in [5.41, 5.74) is 4.22. The van der Waals surface area contributed by atoms with Crippen LogP contribution in [0, 0.1) is 5.92 Å². The summed E-state index contributed by atoms with van der Waals surface area (Å²) in [5, 5.41) is 6.37. The van der Waals surface area contributed by atoms with E-state index in [4.69, 9.17) is 4.74 Å². The van der Waals surface area contributed by atoms with Crippen molar-refractivity contribution in [3.63, 3.8) is 0 Å². The van der Waals surface area contributed by atoms with E-state index in [9.17, 15) is 4.79 Å². The Kier molecular flexibility index (Phi) is 5.49. The Morgan fingerprint density at radius 3 is 2.08 bits per heavy atom. The van der Waals surface area contributed by atoms with Gasteiger partial charge in [0.15, 0.2) is 0 Å². The van der Waals surface area contributed by atoms with Gasteiger partial charge in [-0.25, -0.2) is 0 Å². The van der Waals surface area contributed by atoms with Crippen molar-refractivity contribution in [3.05, 3.63) is 54.1 Å². The van der Waals surface area contributed by atoms with E-state index in [1.165, 1.54) is 5.56 Å². The second kappa shape index (κ2) is 7.97. The van der Waals surface area contributed by atoms with E-state index in [1.54, 1.807) is 0 Å². The zero-order chi connectivity index (χ0) is 16.8. The summed E-state index contributed by atoms with van der Waals surface area (Å²) < 4.78 is 5.30. The Hall–Kier alpha value is -2.33. The number of hydrogen-bond acceptors (Lipinski definition) is 3. The van der Waals surface area contributed by atoms with Gasteiger partial charge < -0.3 is 15.4 Å². The molecule has 0 aromatic heterocycles. The van der Waals surface area contributed by atoms with Crippen molar-refractivity contribution >= 4 is 23.0 Å². The number of amides is 1. The molecule has 0 spiro atoms. The van der Waals surface area contributed by atoms with E-state index < -0.39 is 0 Å². The SMILES string of the molecule is CCc1ccc(Nc2ccc(NC(=O)C3CCOCC3)cc2)cc1. The van der Waals surface area contributed by atoms with Gasteiger partial charge in [0, 0.05) is 36.2 Å². The predicted molar refractivity (Wildman–Crippen MR) is 97.7 cm³/mol. The maximum absolute atomic E-state index is 12.2. The molecule has 0 aliphatic carbocycles. The van der Waals surface area contributed by atoms with Crippen molar-refractivity contribution in [1.29, 1.82) is 0 Å². The third-order valence-electron chi connectivity index (χ3n) is 4.40. The molecule has 2 N–H and O–H groups in total. The van der Waals surface area contributed by atoms with E-state index in [-0.39, 0.29) is 11.8 Å². The molecule has 24 heavy (non-hydrogen) atoms. The predicted octanol–water partition coefficient (Wildman–Crippen LogP) is 4.36. The topological polar surface area (TPSA) is 50.4 Å².